The van der Waals surface area contributed by atoms with E-state index in [-0.39, 0.29) is 6.67 Å². The van der Waals surface area contributed by atoms with E-state index in [1.54, 1.807) is 0 Å². The molecule has 2 aliphatic heterocycles. The van der Waals surface area contributed by atoms with Gasteiger partial charge in [0.05, 0.1) is 0 Å². The molecule has 2 fully saturated rings. The smallest absolute Gasteiger partial charge is 0.102 e. The summed E-state index contributed by atoms with van der Waals surface area (Å²) in [6, 6.07) is 2.05. The predicted octanol–water partition coefficient (Wildman–Crippen LogP) is 1.17. The topological polar surface area (TPSA) is 15.3 Å². The molecule has 2 rings (SSSR count). The van der Waals surface area contributed by atoms with E-state index in [1.165, 1.54) is 25.7 Å². The summed E-state index contributed by atoms with van der Waals surface area (Å²) in [6.07, 6.45) is 5.08. The third-order valence-electron chi connectivity index (χ3n) is 3.51. The first-order valence-electron chi connectivity index (χ1n) is 5.32. The third-order valence-corrected chi connectivity index (χ3v) is 3.51. The maximum absolute atomic E-state index is 12.2. The van der Waals surface area contributed by atoms with Gasteiger partial charge in [-0.3, -0.25) is 0 Å². The van der Waals surface area contributed by atoms with Gasteiger partial charge in [-0.15, -0.1) is 0 Å². The maximum Gasteiger partial charge on any atom is 0.102 e. The lowest BCUT2D eigenvalue weighted by molar-refractivity contribution is 0.162. The first kappa shape index (κ1) is 9.41. The van der Waals surface area contributed by atoms with Gasteiger partial charge in [0.1, 0.15) is 6.67 Å². The van der Waals surface area contributed by atoms with Gasteiger partial charge in [0.2, 0.25) is 0 Å². The molecule has 2 aliphatic rings. The van der Waals surface area contributed by atoms with E-state index in [0.29, 0.717) is 24.7 Å². The number of nitrogens with zero attached hydrogens (tertiary/aromatic N) is 1. The molecule has 2 heterocycles. The minimum Gasteiger partial charge on any atom is -0.311 e. The van der Waals surface area contributed by atoms with Crippen LogP contribution in [-0.2, 0) is 0 Å². The van der Waals surface area contributed by atoms with E-state index in [4.69, 9.17) is 0 Å². The summed E-state index contributed by atoms with van der Waals surface area (Å²) in [5, 5.41) is 3.60. The summed E-state index contributed by atoms with van der Waals surface area (Å²) in [5.74, 6) is 0. The van der Waals surface area contributed by atoms with Gasteiger partial charge in [-0.1, -0.05) is 0 Å². The Morgan fingerprint density at radius 1 is 1.31 bits per heavy atom. The van der Waals surface area contributed by atoms with Gasteiger partial charge in [0, 0.05) is 24.7 Å². The fourth-order valence-electron chi connectivity index (χ4n) is 2.70. The highest BCUT2D eigenvalue weighted by Gasteiger charge is 2.34. The predicted molar refractivity (Wildman–Crippen MR) is 51.6 cm³/mol. The van der Waals surface area contributed by atoms with Crippen LogP contribution in [0.4, 0.5) is 4.39 Å². The molecule has 0 aromatic carbocycles. The summed E-state index contributed by atoms with van der Waals surface area (Å²) >= 11 is 0. The van der Waals surface area contributed by atoms with Crippen LogP contribution < -0.4 is 5.32 Å². The molecular weight excluding hydrogens is 167 g/mol. The molecule has 2 unspecified atom stereocenters. The Bertz CT molecular complexity index is 162. The van der Waals surface area contributed by atoms with Crippen LogP contribution in [0.3, 0.4) is 0 Å². The Morgan fingerprint density at radius 2 is 1.92 bits per heavy atom. The molecule has 2 bridgehead atoms. The van der Waals surface area contributed by atoms with Crippen LogP contribution in [0.5, 0.6) is 0 Å². The number of hydrogen-bond donors (Lipinski definition) is 1. The molecule has 0 saturated carbocycles. The number of nitrogens with one attached hydrogen (secondary N) is 1. The second-order valence-electron chi connectivity index (χ2n) is 4.43. The SMILES string of the molecule is CN(CCF)C1CC2CCC(C1)N2. The first-order chi connectivity index (χ1) is 6.29. The van der Waals surface area contributed by atoms with Crippen molar-refractivity contribution in [3.05, 3.63) is 0 Å². The minimum absolute atomic E-state index is 0.213. The van der Waals surface area contributed by atoms with Crippen molar-refractivity contribution in [1.82, 2.24) is 10.2 Å². The van der Waals surface area contributed by atoms with Gasteiger partial charge >= 0.3 is 0 Å². The molecule has 2 atom stereocenters. The summed E-state index contributed by atoms with van der Waals surface area (Å²) in [5.41, 5.74) is 0. The fraction of sp³-hybridized carbons (Fsp3) is 1.00. The van der Waals surface area contributed by atoms with Crippen molar-refractivity contribution in [2.75, 3.05) is 20.3 Å². The van der Waals surface area contributed by atoms with Gasteiger partial charge in [0.15, 0.2) is 0 Å². The number of piperidine rings is 1. The van der Waals surface area contributed by atoms with Crippen molar-refractivity contribution in [2.45, 2.75) is 43.8 Å². The Morgan fingerprint density at radius 3 is 2.46 bits per heavy atom. The largest absolute Gasteiger partial charge is 0.311 e. The molecule has 2 nitrogen and oxygen atoms in total. The van der Waals surface area contributed by atoms with Crippen molar-refractivity contribution in [3.8, 4) is 0 Å². The molecule has 76 valence electrons. The van der Waals surface area contributed by atoms with E-state index in [9.17, 15) is 4.39 Å². The van der Waals surface area contributed by atoms with Crippen molar-refractivity contribution >= 4 is 0 Å². The van der Waals surface area contributed by atoms with Gasteiger partial charge < -0.3 is 10.2 Å². The van der Waals surface area contributed by atoms with E-state index >= 15 is 0 Å². The molecular formula is C10H19FN2. The summed E-state index contributed by atoms with van der Waals surface area (Å²) < 4.78 is 12.2. The Labute approximate surface area is 79.5 Å². The maximum atomic E-state index is 12.2. The molecule has 3 heteroatoms. The lowest BCUT2D eigenvalue weighted by Crippen LogP contribution is -2.47. The highest BCUT2D eigenvalue weighted by Crippen LogP contribution is 2.28. The van der Waals surface area contributed by atoms with Crippen LogP contribution >= 0.6 is 0 Å². The standard InChI is InChI=1S/C10H19FN2/c1-13(5-4-11)10-6-8-2-3-9(7-10)12-8/h8-10,12H,2-7H2,1H3. The summed E-state index contributed by atoms with van der Waals surface area (Å²) in [7, 11) is 2.05. The van der Waals surface area contributed by atoms with Gasteiger partial charge in [-0.2, -0.15) is 0 Å². The highest BCUT2D eigenvalue weighted by molar-refractivity contribution is 4.94. The van der Waals surface area contributed by atoms with Gasteiger partial charge in [0.25, 0.3) is 0 Å². The van der Waals surface area contributed by atoms with E-state index in [2.05, 4.69) is 17.3 Å². The minimum atomic E-state index is -0.213. The zero-order valence-electron chi connectivity index (χ0n) is 8.30. The average molecular weight is 186 g/mol. The van der Waals surface area contributed by atoms with E-state index in [0.717, 1.165) is 0 Å². The summed E-state index contributed by atoms with van der Waals surface area (Å²) in [4.78, 5) is 2.19. The number of hydrogen-bond acceptors (Lipinski definition) is 2. The molecule has 1 N–H and O–H groups in total. The molecule has 2 saturated heterocycles. The van der Waals surface area contributed by atoms with E-state index < -0.39 is 0 Å². The number of alkyl halides is 1. The monoisotopic (exact) mass is 186 g/mol. The fourth-order valence-corrected chi connectivity index (χ4v) is 2.70. The molecule has 0 aromatic rings. The number of fused-ring (bicyclic) bond motifs is 2. The second-order valence-corrected chi connectivity index (χ2v) is 4.43. The molecule has 0 amide bonds. The normalized spacial score (nSPS) is 38.5. The number of rotatable bonds is 3. The zero-order chi connectivity index (χ0) is 9.26. The molecule has 0 spiro atoms. The summed E-state index contributed by atoms with van der Waals surface area (Å²) in [6.45, 7) is 0.389. The van der Waals surface area contributed by atoms with Crippen molar-refractivity contribution in [1.29, 1.82) is 0 Å². The van der Waals surface area contributed by atoms with Crippen LogP contribution in [0, 0.1) is 0 Å². The van der Waals surface area contributed by atoms with Crippen LogP contribution in [0.2, 0.25) is 0 Å². The van der Waals surface area contributed by atoms with Gasteiger partial charge in [-0.25, -0.2) is 4.39 Å². The Hall–Kier alpha value is -0.150. The lowest BCUT2D eigenvalue weighted by atomic mass is 9.99. The van der Waals surface area contributed by atoms with Crippen molar-refractivity contribution in [3.63, 3.8) is 0 Å². The van der Waals surface area contributed by atoms with Crippen LogP contribution in [0.1, 0.15) is 25.7 Å². The first-order valence-corrected chi connectivity index (χ1v) is 5.32. The highest BCUT2D eigenvalue weighted by atomic mass is 19.1. The lowest BCUT2D eigenvalue weighted by Gasteiger charge is -2.35. The van der Waals surface area contributed by atoms with Crippen LogP contribution in [0.15, 0.2) is 0 Å². The average Bonchev–Trinajstić information content (AvgIpc) is 2.46. The second kappa shape index (κ2) is 3.93. The third kappa shape index (κ3) is 2.02. The Balaban J connectivity index is 1.87. The Kier molecular flexibility index (Phi) is 2.84. The van der Waals surface area contributed by atoms with Crippen molar-refractivity contribution < 1.29 is 4.39 Å². The van der Waals surface area contributed by atoms with Gasteiger partial charge in [-0.05, 0) is 32.7 Å². The van der Waals surface area contributed by atoms with Crippen LogP contribution in [-0.4, -0.2) is 43.3 Å². The quantitative estimate of drug-likeness (QED) is 0.712. The molecule has 0 aliphatic carbocycles. The molecule has 0 aromatic heterocycles. The molecule has 13 heavy (non-hydrogen) atoms. The van der Waals surface area contributed by atoms with E-state index in [1.807, 2.05) is 0 Å². The zero-order valence-corrected chi connectivity index (χ0v) is 8.30. The number of halogens is 1. The van der Waals surface area contributed by atoms with Crippen molar-refractivity contribution in [2.24, 2.45) is 0 Å². The molecule has 0 radical (unpaired) electrons. The van der Waals surface area contributed by atoms with Crippen LogP contribution in [0.25, 0.3) is 0 Å².